The molecule has 0 amide bonds. The van der Waals surface area contributed by atoms with Gasteiger partial charge in [-0.25, -0.2) is 0 Å². The summed E-state index contributed by atoms with van der Waals surface area (Å²) in [6, 6.07) is 0. The van der Waals surface area contributed by atoms with Gasteiger partial charge in [0.15, 0.2) is 0 Å². The van der Waals surface area contributed by atoms with E-state index in [4.69, 9.17) is 17.0 Å². The molecule has 2 rings (SSSR count). The van der Waals surface area contributed by atoms with Crippen molar-refractivity contribution >= 4 is 17.0 Å². The molecule has 0 nitrogen and oxygen atoms in total. The van der Waals surface area contributed by atoms with E-state index >= 15 is 0 Å². The van der Waals surface area contributed by atoms with Crippen LogP contribution in [0.1, 0.15) is 55.4 Å². The third-order valence-electron chi connectivity index (χ3n) is 4.36. The fourth-order valence-electron chi connectivity index (χ4n) is 2.27. The average Bonchev–Trinajstić information content (AvgIpc) is 2.77. The molecule has 0 aromatic heterocycles. The predicted octanol–water partition coefficient (Wildman–Crippen LogP) is 6.54. The zero-order valence-corrected chi connectivity index (χ0v) is 18.4. The Morgan fingerprint density at radius 3 is 0.714 bits per heavy atom. The quantitative estimate of drug-likeness (QED) is 0.430. The van der Waals surface area contributed by atoms with Crippen LogP contribution in [-0.2, 0) is 20.8 Å². The standard InChI is InChI=1S/2C9H13.2ClH.Zr/c2*1-6-5-7(2)9(4)8(6)3;;;/h2*5H,1-4H3;2*1H;/q;;;;+4/p-2. The molecule has 0 aromatic rings. The molecule has 21 heavy (non-hydrogen) atoms. The Morgan fingerprint density at radius 2 is 0.667 bits per heavy atom. The maximum atomic E-state index is 4.93. The molecule has 0 spiro atoms. The van der Waals surface area contributed by atoms with Crippen molar-refractivity contribution in [2.45, 2.75) is 55.4 Å². The van der Waals surface area contributed by atoms with E-state index in [-0.39, 0.29) is 0 Å². The van der Waals surface area contributed by atoms with Gasteiger partial charge in [-0.3, -0.25) is 0 Å². The molecule has 3 heteroatoms. The molecule has 0 unspecified atom stereocenters. The van der Waals surface area contributed by atoms with Gasteiger partial charge in [-0.05, 0) is 60.2 Å². The summed E-state index contributed by atoms with van der Waals surface area (Å²) < 4.78 is 0. The SMILES string of the molecule is C[C]1[CH][C](C)[C](C)[C]1C.C[C]1[CH][C](C)[C](C)[C]1C.[Cl][Zr+2][Cl]. The summed E-state index contributed by atoms with van der Waals surface area (Å²) in [5, 5.41) is 0. The van der Waals surface area contributed by atoms with Crippen LogP contribution in [0.4, 0.5) is 0 Å². The van der Waals surface area contributed by atoms with E-state index in [2.05, 4.69) is 68.2 Å². The second kappa shape index (κ2) is 11.1. The van der Waals surface area contributed by atoms with Crippen LogP contribution in [0.5, 0.6) is 0 Å². The van der Waals surface area contributed by atoms with E-state index in [9.17, 15) is 0 Å². The maximum absolute atomic E-state index is 4.93. The third kappa shape index (κ3) is 7.26. The van der Waals surface area contributed by atoms with Gasteiger partial charge in [-0.2, -0.15) is 0 Å². The molecular formula is C18H26Cl2Zr+2. The minimum atomic E-state index is -0.826. The number of hydrogen-bond donors (Lipinski definition) is 0. The van der Waals surface area contributed by atoms with Crippen molar-refractivity contribution in [2.75, 3.05) is 0 Å². The van der Waals surface area contributed by atoms with Crippen molar-refractivity contribution in [3.63, 3.8) is 0 Å². The Kier molecular flexibility index (Phi) is 11.9. The van der Waals surface area contributed by atoms with Crippen LogP contribution in [-0.4, -0.2) is 0 Å². The molecule has 2 aliphatic rings. The molecule has 0 aliphatic heterocycles. The molecule has 10 radical (unpaired) electrons. The fourth-order valence-corrected chi connectivity index (χ4v) is 2.27. The summed E-state index contributed by atoms with van der Waals surface area (Å²) in [4.78, 5) is 0. The van der Waals surface area contributed by atoms with Crippen LogP contribution in [0.2, 0.25) is 0 Å². The van der Waals surface area contributed by atoms with Gasteiger partial charge in [0.2, 0.25) is 0 Å². The molecule has 0 atom stereocenters. The van der Waals surface area contributed by atoms with Crippen LogP contribution in [0.3, 0.4) is 0 Å². The number of hydrogen-bond acceptors (Lipinski definition) is 0. The second-order valence-electron chi connectivity index (χ2n) is 5.59. The van der Waals surface area contributed by atoms with Gasteiger partial charge in [0.25, 0.3) is 0 Å². The van der Waals surface area contributed by atoms with Gasteiger partial charge < -0.3 is 0 Å². The van der Waals surface area contributed by atoms with E-state index in [1.54, 1.807) is 0 Å². The van der Waals surface area contributed by atoms with Crippen LogP contribution in [0.15, 0.2) is 0 Å². The topological polar surface area (TPSA) is 0 Å². The first kappa shape index (κ1) is 22.5. The minimum absolute atomic E-state index is 0.826. The van der Waals surface area contributed by atoms with Gasteiger partial charge in [0.05, 0.1) is 0 Å². The Balaban J connectivity index is 0.000000322. The third-order valence-corrected chi connectivity index (χ3v) is 4.36. The predicted molar refractivity (Wildman–Crippen MR) is 91.6 cm³/mol. The molecule has 0 N–H and O–H groups in total. The van der Waals surface area contributed by atoms with Crippen molar-refractivity contribution in [3.05, 3.63) is 60.2 Å². The average molecular weight is 405 g/mol. The fraction of sp³-hybridized carbons (Fsp3) is 0.444. The van der Waals surface area contributed by atoms with Gasteiger partial charge >= 0.3 is 37.9 Å². The van der Waals surface area contributed by atoms with Crippen molar-refractivity contribution in [3.8, 4) is 0 Å². The molecule has 2 fully saturated rings. The molecule has 2 aliphatic carbocycles. The molecular weight excluding hydrogens is 378 g/mol. The van der Waals surface area contributed by atoms with E-state index in [1.807, 2.05) is 0 Å². The summed E-state index contributed by atoms with van der Waals surface area (Å²) in [6.07, 6.45) is 4.48. The van der Waals surface area contributed by atoms with Gasteiger partial charge in [0, 0.05) is 0 Å². The van der Waals surface area contributed by atoms with Crippen LogP contribution >= 0.6 is 17.0 Å². The van der Waals surface area contributed by atoms with Gasteiger partial charge in [0.1, 0.15) is 0 Å². The van der Waals surface area contributed by atoms with E-state index < -0.39 is 20.8 Å². The summed E-state index contributed by atoms with van der Waals surface area (Å²) in [5.74, 6) is 11.5. The Morgan fingerprint density at radius 1 is 0.524 bits per heavy atom. The van der Waals surface area contributed by atoms with Crippen LogP contribution in [0.25, 0.3) is 0 Å². The molecule has 0 bridgehead atoms. The second-order valence-corrected chi connectivity index (χ2v) is 9.32. The first-order valence-electron chi connectivity index (χ1n) is 7.03. The first-order valence-corrected chi connectivity index (χ1v) is 13.4. The van der Waals surface area contributed by atoms with E-state index in [1.165, 1.54) is 47.3 Å². The summed E-state index contributed by atoms with van der Waals surface area (Å²) in [7, 11) is 9.87. The van der Waals surface area contributed by atoms with Crippen LogP contribution < -0.4 is 0 Å². The molecule has 0 saturated heterocycles. The van der Waals surface area contributed by atoms with Gasteiger partial charge in [-0.15, -0.1) is 0 Å². The first-order chi connectivity index (χ1) is 9.67. The molecule has 114 valence electrons. The van der Waals surface area contributed by atoms with Crippen LogP contribution in [0, 0.1) is 60.2 Å². The summed E-state index contributed by atoms with van der Waals surface area (Å²) in [5.41, 5.74) is 0. The zero-order valence-electron chi connectivity index (χ0n) is 14.4. The van der Waals surface area contributed by atoms with E-state index in [0.717, 1.165) is 0 Å². The normalized spacial score (nSPS) is 24.5. The van der Waals surface area contributed by atoms with Crippen molar-refractivity contribution in [1.29, 1.82) is 0 Å². The zero-order chi connectivity index (χ0) is 16.7. The molecule has 0 aromatic carbocycles. The Bertz CT molecular complexity index is 222. The molecule has 0 heterocycles. The van der Waals surface area contributed by atoms with Crippen molar-refractivity contribution in [2.24, 2.45) is 0 Å². The monoisotopic (exact) mass is 402 g/mol. The summed E-state index contributed by atoms with van der Waals surface area (Å²) in [6.45, 7) is 17.4. The van der Waals surface area contributed by atoms with Gasteiger partial charge in [-0.1, -0.05) is 55.4 Å². The van der Waals surface area contributed by atoms with Crippen molar-refractivity contribution < 1.29 is 20.8 Å². The number of rotatable bonds is 0. The van der Waals surface area contributed by atoms with Crippen molar-refractivity contribution in [1.82, 2.24) is 0 Å². The Hall–Kier alpha value is 1.46. The molecule has 2 saturated carbocycles. The Labute approximate surface area is 152 Å². The van der Waals surface area contributed by atoms with E-state index in [0.29, 0.717) is 0 Å². The summed E-state index contributed by atoms with van der Waals surface area (Å²) >= 11 is -0.826. The number of halogens is 2.